The number of carbonyl (C=O) groups excluding carboxylic acids is 2. The Morgan fingerprint density at radius 3 is 2.64 bits per heavy atom. The van der Waals surface area contributed by atoms with Crippen LogP contribution in [0.25, 0.3) is 0 Å². The third kappa shape index (κ3) is 5.52. The number of nitrogens with one attached hydrogen (secondary N) is 1. The van der Waals surface area contributed by atoms with Gasteiger partial charge >= 0.3 is 0 Å². The lowest BCUT2D eigenvalue weighted by atomic mass is 10.1. The average molecular weight is 370 g/mol. The molecule has 1 fully saturated rings. The molecule has 1 atom stereocenters. The topological polar surface area (TPSA) is 83.6 Å². The smallest absolute Gasteiger partial charge is 0.232 e. The van der Waals surface area contributed by atoms with E-state index in [1.54, 1.807) is 25.1 Å². The summed E-state index contributed by atoms with van der Waals surface area (Å²) in [5.74, 6) is -1.11. The van der Waals surface area contributed by atoms with Gasteiger partial charge in [-0.1, -0.05) is 18.2 Å². The summed E-state index contributed by atoms with van der Waals surface area (Å²) in [6, 6.07) is 5.97. The third-order valence-electron chi connectivity index (χ3n) is 4.30. The van der Waals surface area contributed by atoms with Gasteiger partial charge in [-0.25, -0.2) is 12.8 Å². The van der Waals surface area contributed by atoms with E-state index >= 15 is 0 Å². The second-order valence-corrected chi connectivity index (χ2v) is 8.33. The van der Waals surface area contributed by atoms with Crippen LogP contribution in [-0.2, 0) is 25.8 Å². The number of benzene rings is 1. The molecule has 0 aromatic heterocycles. The Morgan fingerprint density at radius 1 is 1.32 bits per heavy atom. The molecule has 0 bridgehead atoms. The van der Waals surface area contributed by atoms with E-state index in [1.807, 2.05) is 0 Å². The van der Waals surface area contributed by atoms with Crippen molar-refractivity contribution in [3.63, 3.8) is 0 Å². The molecule has 6 nitrogen and oxygen atoms in total. The minimum Gasteiger partial charge on any atom is -0.355 e. The molecule has 2 amide bonds. The van der Waals surface area contributed by atoms with Crippen molar-refractivity contribution in [2.45, 2.75) is 32.2 Å². The number of halogens is 1. The molecule has 8 heteroatoms. The van der Waals surface area contributed by atoms with Gasteiger partial charge in [-0.2, -0.15) is 0 Å². The molecule has 2 rings (SSSR count). The van der Waals surface area contributed by atoms with Crippen molar-refractivity contribution < 1.29 is 22.4 Å². The summed E-state index contributed by atoms with van der Waals surface area (Å²) in [6.07, 6.45) is 0.420. The van der Waals surface area contributed by atoms with Crippen LogP contribution < -0.4 is 5.32 Å². The number of hydrogen-bond acceptors (Lipinski definition) is 4. The van der Waals surface area contributed by atoms with Gasteiger partial charge in [-0.15, -0.1) is 0 Å². The Balaban J connectivity index is 1.80. The second-order valence-electron chi connectivity index (χ2n) is 6.10. The van der Waals surface area contributed by atoms with Crippen LogP contribution in [0.2, 0.25) is 0 Å². The maximum absolute atomic E-state index is 13.5. The van der Waals surface area contributed by atoms with Crippen molar-refractivity contribution in [3.05, 3.63) is 35.6 Å². The van der Waals surface area contributed by atoms with Crippen LogP contribution in [0.15, 0.2) is 24.3 Å². The lowest BCUT2D eigenvalue weighted by Crippen LogP contribution is -2.43. The minimum atomic E-state index is -3.09. The van der Waals surface area contributed by atoms with Gasteiger partial charge in [0, 0.05) is 19.1 Å². The minimum absolute atomic E-state index is 0.0402. The first kappa shape index (κ1) is 19.4. The molecule has 1 aromatic rings. The fraction of sp³-hybridized carbons (Fsp3) is 0.529. The van der Waals surface area contributed by atoms with Crippen LogP contribution in [0.4, 0.5) is 4.39 Å². The molecule has 0 saturated carbocycles. The Kier molecular flexibility index (Phi) is 6.52. The number of sulfone groups is 1. The summed E-state index contributed by atoms with van der Waals surface area (Å²) < 4.78 is 36.6. The van der Waals surface area contributed by atoms with Crippen molar-refractivity contribution in [1.29, 1.82) is 0 Å². The fourth-order valence-corrected chi connectivity index (χ4v) is 4.73. The summed E-state index contributed by atoms with van der Waals surface area (Å²) in [7, 11) is -3.09. The van der Waals surface area contributed by atoms with Gasteiger partial charge in [-0.3, -0.25) is 9.59 Å². The van der Waals surface area contributed by atoms with E-state index < -0.39 is 15.7 Å². The van der Waals surface area contributed by atoms with Crippen LogP contribution >= 0.6 is 0 Å². The monoisotopic (exact) mass is 370 g/mol. The van der Waals surface area contributed by atoms with Crippen molar-refractivity contribution >= 4 is 21.7 Å². The molecule has 1 unspecified atom stereocenters. The molecule has 1 aromatic carbocycles. The highest BCUT2D eigenvalue weighted by atomic mass is 32.2. The molecule has 1 heterocycles. The van der Waals surface area contributed by atoms with E-state index in [2.05, 4.69) is 5.32 Å². The second kappa shape index (κ2) is 8.42. The van der Waals surface area contributed by atoms with Crippen molar-refractivity contribution in [2.75, 3.05) is 24.6 Å². The maximum atomic E-state index is 13.5. The number of rotatable bonds is 7. The molecule has 0 spiro atoms. The highest BCUT2D eigenvalue weighted by molar-refractivity contribution is 7.91. The Bertz CT molecular complexity index is 736. The normalized spacial score (nSPS) is 18.7. The van der Waals surface area contributed by atoms with Crippen molar-refractivity contribution in [2.24, 2.45) is 0 Å². The van der Waals surface area contributed by atoms with E-state index in [9.17, 15) is 22.4 Å². The number of carbonyl (C=O) groups is 2. The Hall–Kier alpha value is -1.96. The van der Waals surface area contributed by atoms with Crippen molar-refractivity contribution in [1.82, 2.24) is 10.2 Å². The van der Waals surface area contributed by atoms with Gasteiger partial charge in [0.05, 0.1) is 11.5 Å². The van der Waals surface area contributed by atoms with Gasteiger partial charge < -0.3 is 10.2 Å². The quantitative estimate of drug-likeness (QED) is 0.723. The van der Waals surface area contributed by atoms with Gasteiger partial charge in [0.2, 0.25) is 11.8 Å². The summed E-state index contributed by atoms with van der Waals surface area (Å²) >= 11 is 0. The van der Waals surface area contributed by atoms with E-state index in [0.717, 1.165) is 0 Å². The molecule has 0 aliphatic carbocycles. The predicted octanol–water partition coefficient (Wildman–Crippen LogP) is 0.910. The molecule has 1 saturated heterocycles. The molecule has 25 heavy (non-hydrogen) atoms. The van der Waals surface area contributed by atoms with Gasteiger partial charge in [0.15, 0.2) is 9.84 Å². The van der Waals surface area contributed by atoms with Gasteiger partial charge in [0.25, 0.3) is 0 Å². The molecule has 138 valence electrons. The summed E-state index contributed by atoms with van der Waals surface area (Å²) in [6.45, 7) is 2.36. The first-order chi connectivity index (χ1) is 11.8. The first-order valence-electron chi connectivity index (χ1n) is 8.32. The van der Waals surface area contributed by atoms with Crippen LogP contribution in [-0.4, -0.2) is 55.8 Å². The predicted molar refractivity (Wildman–Crippen MR) is 92.2 cm³/mol. The highest BCUT2D eigenvalue weighted by Gasteiger charge is 2.34. The highest BCUT2D eigenvalue weighted by Crippen LogP contribution is 2.18. The number of hydrogen-bond donors (Lipinski definition) is 1. The summed E-state index contributed by atoms with van der Waals surface area (Å²) in [5, 5.41) is 2.60. The number of amides is 2. The molecule has 1 aliphatic rings. The summed E-state index contributed by atoms with van der Waals surface area (Å²) in [5.41, 5.74) is 0.500. The van der Waals surface area contributed by atoms with E-state index in [0.29, 0.717) is 24.9 Å². The fourth-order valence-electron chi connectivity index (χ4n) is 3.00. The van der Waals surface area contributed by atoms with Crippen LogP contribution in [0, 0.1) is 5.82 Å². The van der Waals surface area contributed by atoms with Crippen LogP contribution in [0.1, 0.15) is 25.3 Å². The van der Waals surface area contributed by atoms with Crippen LogP contribution in [0.3, 0.4) is 0 Å². The van der Waals surface area contributed by atoms with Crippen molar-refractivity contribution in [3.8, 4) is 0 Å². The Morgan fingerprint density at radius 2 is 2.04 bits per heavy atom. The van der Waals surface area contributed by atoms with Gasteiger partial charge in [0.1, 0.15) is 12.2 Å². The maximum Gasteiger partial charge on any atom is 0.232 e. The molecule has 1 N–H and O–H groups in total. The summed E-state index contributed by atoms with van der Waals surface area (Å²) in [4.78, 5) is 25.7. The lowest BCUT2D eigenvalue weighted by molar-refractivity contribution is -0.137. The standard InChI is InChI=1S/C17H23FN2O4S/c1-2-20(14-8-10-25(23,24)12-14)17(22)11-16(21)19-9-7-13-5-3-4-6-15(13)18/h3-6,14H,2,7-12H2,1H3,(H,19,21). The first-order valence-corrected chi connectivity index (χ1v) is 10.1. The molecule has 0 radical (unpaired) electrons. The molecule has 1 aliphatic heterocycles. The SMILES string of the molecule is CCN(C(=O)CC(=O)NCCc1ccccc1F)C1CCS(=O)(=O)C1. The number of nitrogens with zero attached hydrogens (tertiary/aromatic N) is 1. The zero-order chi connectivity index (χ0) is 18.4. The van der Waals surface area contributed by atoms with Crippen LogP contribution in [0.5, 0.6) is 0 Å². The average Bonchev–Trinajstić information content (AvgIpc) is 2.89. The van der Waals surface area contributed by atoms with Gasteiger partial charge in [-0.05, 0) is 31.4 Å². The van der Waals surface area contributed by atoms with E-state index in [-0.39, 0.29) is 42.2 Å². The lowest BCUT2D eigenvalue weighted by Gasteiger charge is -2.26. The van der Waals surface area contributed by atoms with E-state index in [1.165, 1.54) is 11.0 Å². The zero-order valence-electron chi connectivity index (χ0n) is 14.2. The molecular weight excluding hydrogens is 347 g/mol. The van der Waals surface area contributed by atoms with E-state index in [4.69, 9.17) is 0 Å². The zero-order valence-corrected chi connectivity index (χ0v) is 15.0. The largest absolute Gasteiger partial charge is 0.355 e. The third-order valence-corrected chi connectivity index (χ3v) is 6.05. The Labute approximate surface area is 147 Å². The molecular formula is C17H23FN2O4S.